The Hall–Kier alpha value is -3.00. The number of aryl methyl sites for hydroxylation is 3. The molecule has 8 heteroatoms. The summed E-state index contributed by atoms with van der Waals surface area (Å²) in [5, 5.41) is 16.8. The minimum Gasteiger partial charge on any atom is -0.386 e. The summed E-state index contributed by atoms with van der Waals surface area (Å²) >= 11 is 0. The SMILES string of the molecule is Cc1cc(C)n(CCCC(=O)N(C)C[C@@]2(O)CCCN(c3ccnc4ccncc34)C2)n1. The Morgan fingerprint density at radius 1 is 1.28 bits per heavy atom. The molecule has 0 radical (unpaired) electrons. The molecule has 0 aliphatic carbocycles. The molecule has 1 fully saturated rings. The third-order valence-electron chi connectivity index (χ3n) is 6.24. The minimum atomic E-state index is -0.948. The van der Waals surface area contributed by atoms with Crippen LogP contribution in [0.5, 0.6) is 0 Å². The van der Waals surface area contributed by atoms with E-state index in [4.69, 9.17) is 0 Å². The molecule has 1 N–H and O–H groups in total. The number of rotatable bonds is 7. The van der Waals surface area contributed by atoms with Crippen LogP contribution >= 0.6 is 0 Å². The number of pyridine rings is 2. The summed E-state index contributed by atoms with van der Waals surface area (Å²) in [6, 6.07) is 5.91. The molecule has 0 unspecified atom stereocenters. The number of piperidine rings is 1. The third-order valence-corrected chi connectivity index (χ3v) is 6.24. The van der Waals surface area contributed by atoms with Crippen LogP contribution in [0.2, 0.25) is 0 Å². The van der Waals surface area contributed by atoms with E-state index in [-0.39, 0.29) is 5.91 Å². The van der Waals surface area contributed by atoms with Crippen molar-refractivity contribution in [2.75, 3.05) is 31.6 Å². The Balaban J connectivity index is 1.36. The highest BCUT2D eigenvalue weighted by atomic mass is 16.3. The molecule has 8 nitrogen and oxygen atoms in total. The van der Waals surface area contributed by atoms with E-state index < -0.39 is 5.60 Å². The number of nitrogens with zero attached hydrogens (tertiary/aromatic N) is 6. The van der Waals surface area contributed by atoms with Crippen molar-refractivity contribution in [1.82, 2.24) is 24.6 Å². The number of hydrogen-bond donors (Lipinski definition) is 1. The zero-order valence-electron chi connectivity index (χ0n) is 19.2. The number of aliphatic hydroxyl groups is 1. The van der Waals surface area contributed by atoms with Crippen molar-refractivity contribution in [3.63, 3.8) is 0 Å². The number of β-amino-alcohol motifs (C(OH)–C–C–N with tert-alkyl or cyclic N) is 1. The highest BCUT2D eigenvalue weighted by Crippen LogP contribution is 2.31. The molecule has 1 atom stereocenters. The second-order valence-electron chi connectivity index (χ2n) is 8.98. The Labute approximate surface area is 188 Å². The van der Waals surface area contributed by atoms with E-state index in [2.05, 4.69) is 20.0 Å². The van der Waals surface area contributed by atoms with Crippen molar-refractivity contribution in [2.24, 2.45) is 0 Å². The summed E-state index contributed by atoms with van der Waals surface area (Å²) in [7, 11) is 1.79. The van der Waals surface area contributed by atoms with Gasteiger partial charge in [-0.25, -0.2) is 0 Å². The fourth-order valence-electron chi connectivity index (χ4n) is 4.70. The van der Waals surface area contributed by atoms with Gasteiger partial charge < -0.3 is 14.9 Å². The quantitative estimate of drug-likeness (QED) is 0.613. The lowest BCUT2D eigenvalue weighted by Gasteiger charge is -2.42. The summed E-state index contributed by atoms with van der Waals surface area (Å²) in [6.45, 7) is 6.38. The molecule has 1 saturated heterocycles. The normalized spacial score (nSPS) is 18.8. The number of carbonyl (C=O) groups excluding carboxylic acids is 1. The van der Waals surface area contributed by atoms with Crippen LogP contribution in [0.15, 0.2) is 36.8 Å². The Kier molecular flexibility index (Phi) is 6.41. The Morgan fingerprint density at radius 3 is 2.91 bits per heavy atom. The van der Waals surface area contributed by atoms with Gasteiger partial charge in [0.25, 0.3) is 0 Å². The van der Waals surface area contributed by atoms with Gasteiger partial charge in [0.05, 0.1) is 23.4 Å². The number of anilines is 1. The fourth-order valence-corrected chi connectivity index (χ4v) is 4.70. The fraction of sp³-hybridized carbons (Fsp3) is 0.500. The first-order valence-corrected chi connectivity index (χ1v) is 11.3. The molecule has 4 rings (SSSR count). The average molecular weight is 437 g/mol. The van der Waals surface area contributed by atoms with Gasteiger partial charge in [-0.2, -0.15) is 5.10 Å². The number of likely N-dealkylation sites (N-methyl/N-ethyl adjacent to an activating group) is 1. The van der Waals surface area contributed by atoms with Crippen molar-refractivity contribution in [2.45, 2.75) is 51.7 Å². The van der Waals surface area contributed by atoms with Gasteiger partial charge in [-0.1, -0.05) is 0 Å². The molecule has 3 aromatic heterocycles. The highest BCUT2D eigenvalue weighted by Gasteiger charge is 2.36. The molecule has 4 heterocycles. The van der Waals surface area contributed by atoms with Crippen LogP contribution < -0.4 is 4.90 Å². The smallest absolute Gasteiger partial charge is 0.222 e. The molecule has 0 bridgehead atoms. The second-order valence-corrected chi connectivity index (χ2v) is 8.98. The zero-order valence-corrected chi connectivity index (χ0v) is 19.2. The van der Waals surface area contributed by atoms with E-state index in [1.807, 2.05) is 42.9 Å². The lowest BCUT2D eigenvalue weighted by Crippen LogP contribution is -2.54. The van der Waals surface area contributed by atoms with E-state index in [0.717, 1.165) is 53.9 Å². The van der Waals surface area contributed by atoms with Crippen molar-refractivity contribution in [3.05, 3.63) is 48.2 Å². The van der Waals surface area contributed by atoms with Crippen molar-refractivity contribution in [1.29, 1.82) is 0 Å². The predicted molar refractivity (Wildman–Crippen MR) is 125 cm³/mol. The summed E-state index contributed by atoms with van der Waals surface area (Å²) in [4.78, 5) is 25.2. The van der Waals surface area contributed by atoms with E-state index in [1.54, 1.807) is 24.3 Å². The topological polar surface area (TPSA) is 87.4 Å². The van der Waals surface area contributed by atoms with E-state index >= 15 is 0 Å². The van der Waals surface area contributed by atoms with Crippen LogP contribution in [0.1, 0.15) is 37.1 Å². The minimum absolute atomic E-state index is 0.0515. The van der Waals surface area contributed by atoms with Gasteiger partial charge in [-0.15, -0.1) is 0 Å². The number of amides is 1. The maximum atomic E-state index is 12.7. The van der Waals surface area contributed by atoms with Crippen molar-refractivity contribution in [3.8, 4) is 0 Å². The lowest BCUT2D eigenvalue weighted by atomic mass is 9.91. The standard InChI is InChI=1S/C24H32N6O2/c1-18-14-19(2)30(27-18)13-4-6-23(31)28(3)16-24(32)9-5-12-29(17-24)22-8-11-26-21-7-10-25-15-20(21)22/h7-8,10-11,14-15,32H,4-6,9,12-13,16-17H2,1-3H3/t24-/m0/s1. The average Bonchev–Trinajstić information content (AvgIpc) is 3.09. The molecule has 1 aliphatic heterocycles. The van der Waals surface area contributed by atoms with Crippen LogP contribution in [0.25, 0.3) is 10.9 Å². The van der Waals surface area contributed by atoms with Crippen LogP contribution in [-0.2, 0) is 11.3 Å². The molecule has 1 amide bonds. The lowest BCUT2D eigenvalue weighted by molar-refractivity contribution is -0.133. The first kappa shape index (κ1) is 22.2. The summed E-state index contributed by atoms with van der Waals surface area (Å²) < 4.78 is 1.95. The van der Waals surface area contributed by atoms with Crippen molar-refractivity contribution >= 4 is 22.5 Å². The van der Waals surface area contributed by atoms with Gasteiger partial charge in [-0.3, -0.25) is 19.4 Å². The molecular formula is C24H32N6O2. The van der Waals surface area contributed by atoms with E-state index in [9.17, 15) is 9.90 Å². The zero-order chi connectivity index (χ0) is 22.7. The van der Waals surface area contributed by atoms with Gasteiger partial charge in [-0.05, 0) is 51.3 Å². The first-order chi connectivity index (χ1) is 15.3. The van der Waals surface area contributed by atoms with Crippen LogP contribution in [0.3, 0.4) is 0 Å². The second kappa shape index (κ2) is 9.24. The molecule has 0 aromatic carbocycles. The van der Waals surface area contributed by atoms with Gasteiger partial charge in [0.2, 0.25) is 5.91 Å². The summed E-state index contributed by atoms with van der Waals surface area (Å²) in [5.74, 6) is 0.0515. The molecule has 0 saturated carbocycles. The van der Waals surface area contributed by atoms with E-state index in [0.29, 0.717) is 25.9 Å². The van der Waals surface area contributed by atoms with Crippen LogP contribution in [0, 0.1) is 13.8 Å². The molecule has 3 aromatic rings. The Morgan fingerprint density at radius 2 is 2.12 bits per heavy atom. The number of fused-ring (bicyclic) bond motifs is 1. The molecular weight excluding hydrogens is 404 g/mol. The van der Waals surface area contributed by atoms with Crippen LogP contribution in [-0.4, -0.2) is 67.9 Å². The maximum Gasteiger partial charge on any atom is 0.222 e. The van der Waals surface area contributed by atoms with Gasteiger partial charge in [0, 0.05) is 68.5 Å². The van der Waals surface area contributed by atoms with Crippen LogP contribution in [0.4, 0.5) is 5.69 Å². The molecule has 170 valence electrons. The number of carbonyl (C=O) groups is 1. The maximum absolute atomic E-state index is 12.7. The number of hydrogen-bond acceptors (Lipinski definition) is 6. The Bertz CT molecular complexity index is 1090. The summed E-state index contributed by atoms with van der Waals surface area (Å²) in [6.07, 6.45) is 8.06. The number of aromatic nitrogens is 4. The van der Waals surface area contributed by atoms with E-state index in [1.165, 1.54) is 0 Å². The largest absolute Gasteiger partial charge is 0.386 e. The molecule has 0 spiro atoms. The summed E-state index contributed by atoms with van der Waals surface area (Å²) in [5.41, 5.74) is 3.07. The third kappa shape index (κ3) is 4.91. The molecule has 32 heavy (non-hydrogen) atoms. The first-order valence-electron chi connectivity index (χ1n) is 11.3. The predicted octanol–water partition coefficient (Wildman–Crippen LogP) is 2.71. The highest BCUT2D eigenvalue weighted by molar-refractivity contribution is 5.90. The van der Waals surface area contributed by atoms with Gasteiger partial charge in [0.15, 0.2) is 0 Å². The van der Waals surface area contributed by atoms with Gasteiger partial charge >= 0.3 is 0 Å². The molecule has 1 aliphatic rings. The van der Waals surface area contributed by atoms with Crippen molar-refractivity contribution < 1.29 is 9.90 Å². The van der Waals surface area contributed by atoms with Gasteiger partial charge in [0.1, 0.15) is 0 Å². The monoisotopic (exact) mass is 436 g/mol.